The predicted molar refractivity (Wildman–Crippen MR) is 111 cm³/mol. The maximum atomic E-state index is 12.2. The van der Waals surface area contributed by atoms with Crippen molar-refractivity contribution in [2.75, 3.05) is 19.9 Å². The van der Waals surface area contributed by atoms with Crippen LogP contribution in [0.3, 0.4) is 0 Å². The van der Waals surface area contributed by atoms with Crippen molar-refractivity contribution >= 4 is 5.91 Å². The van der Waals surface area contributed by atoms with Crippen LogP contribution in [-0.2, 0) is 0 Å². The molecule has 0 radical (unpaired) electrons. The second-order valence-electron chi connectivity index (χ2n) is 6.28. The molecular weight excluding hydrogens is 382 g/mol. The summed E-state index contributed by atoms with van der Waals surface area (Å²) in [5, 5.41) is 2.76. The van der Waals surface area contributed by atoms with Crippen molar-refractivity contribution in [1.29, 1.82) is 0 Å². The first kappa shape index (κ1) is 19.2. The van der Waals surface area contributed by atoms with E-state index in [1.54, 1.807) is 42.5 Å². The molecule has 0 saturated carbocycles. The van der Waals surface area contributed by atoms with Gasteiger partial charge in [0, 0.05) is 11.6 Å². The van der Waals surface area contributed by atoms with E-state index < -0.39 is 0 Å². The fourth-order valence-corrected chi connectivity index (χ4v) is 2.73. The third-order valence-corrected chi connectivity index (χ3v) is 4.21. The van der Waals surface area contributed by atoms with Crippen molar-refractivity contribution in [1.82, 2.24) is 5.32 Å². The molecule has 0 bridgehead atoms. The minimum Gasteiger partial charge on any atom is -0.481 e. The Labute approximate surface area is 174 Å². The highest BCUT2D eigenvalue weighted by Gasteiger charge is 2.13. The van der Waals surface area contributed by atoms with Crippen LogP contribution in [0, 0.1) is 11.8 Å². The summed E-state index contributed by atoms with van der Waals surface area (Å²) in [6.45, 7) is 0.660. The highest BCUT2D eigenvalue weighted by molar-refractivity contribution is 5.94. The van der Waals surface area contributed by atoms with Crippen molar-refractivity contribution in [2.45, 2.75) is 0 Å². The van der Waals surface area contributed by atoms with Crippen molar-refractivity contribution in [3.63, 3.8) is 0 Å². The van der Waals surface area contributed by atoms with Crippen molar-refractivity contribution < 1.29 is 23.7 Å². The molecule has 1 aliphatic heterocycles. The first-order chi connectivity index (χ1) is 14.8. The summed E-state index contributed by atoms with van der Waals surface area (Å²) in [4.78, 5) is 12.2. The number of hydrogen-bond donors (Lipinski definition) is 1. The Hall–Kier alpha value is -4.11. The van der Waals surface area contributed by atoms with E-state index in [1.807, 2.05) is 30.3 Å². The van der Waals surface area contributed by atoms with Gasteiger partial charge in [0.2, 0.25) is 6.79 Å². The van der Waals surface area contributed by atoms with Crippen molar-refractivity contribution in [3.8, 4) is 40.6 Å². The lowest BCUT2D eigenvalue weighted by molar-refractivity contribution is 0.0958. The van der Waals surface area contributed by atoms with Gasteiger partial charge in [-0.25, -0.2) is 0 Å². The van der Waals surface area contributed by atoms with E-state index in [2.05, 4.69) is 17.2 Å². The van der Waals surface area contributed by atoms with Gasteiger partial charge in [0.05, 0.1) is 6.54 Å². The van der Waals surface area contributed by atoms with E-state index in [1.165, 1.54) is 0 Å². The third-order valence-electron chi connectivity index (χ3n) is 4.21. The molecule has 0 atom stereocenters. The molecule has 150 valence electrons. The van der Waals surface area contributed by atoms with Crippen LogP contribution in [0.25, 0.3) is 0 Å². The topological polar surface area (TPSA) is 66.0 Å². The second-order valence-corrected chi connectivity index (χ2v) is 6.28. The van der Waals surface area contributed by atoms with Crippen LogP contribution < -0.4 is 24.3 Å². The lowest BCUT2D eigenvalue weighted by Crippen LogP contribution is -2.23. The van der Waals surface area contributed by atoms with E-state index in [9.17, 15) is 4.79 Å². The zero-order chi connectivity index (χ0) is 20.6. The maximum absolute atomic E-state index is 12.2. The Morgan fingerprint density at radius 3 is 2.43 bits per heavy atom. The minimum absolute atomic E-state index is 0.202. The van der Waals surface area contributed by atoms with E-state index in [-0.39, 0.29) is 25.9 Å². The van der Waals surface area contributed by atoms with E-state index in [0.717, 1.165) is 5.75 Å². The summed E-state index contributed by atoms with van der Waals surface area (Å²) in [5.74, 6) is 8.95. The maximum Gasteiger partial charge on any atom is 0.252 e. The summed E-state index contributed by atoms with van der Waals surface area (Å²) in [6.07, 6.45) is 0. The standard InChI is InChI=1S/C24H19NO5/c26-24(18-8-10-20(11-9-18)30-19-6-2-1-3-7-19)25-14-4-5-15-27-21-12-13-22-23(16-21)29-17-28-22/h1-3,6-13,16H,14-15,17H2,(H,25,26). The molecule has 6 nitrogen and oxygen atoms in total. The summed E-state index contributed by atoms with van der Waals surface area (Å²) < 4.78 is 21.8. The number of carbonyl (C=O) groups excluding carboxylic acids is 1. The number of fused-ring (bicyclic) bond motifs is 1. The van der Waals surface area contributed by atoms with E-state index in [0.29, 0.717) is 28.6 Å². The summed E-state index contributed by atoms with van der Waals surface area (Å²) in [7, 11) is 0. The predicted octanol–water partition coefficient (Wildman–Crippen LogP) is 4.02. The number of ether oxygens (including phenoxy) is 4. The van der Waals surface area contributed by atoms with Gasteiger partial charge in [0.25, 0.3) is 5.91 Å². The highest BCUT2D eigenvalue weighted by Crippen LogP contribution is 2.34. The number of benzene rings is 3. The molecule has 1 N–H and O–H groups in total. The van der Waals surface area contributed by atoms with Crippen molar-refractivity contribution in [2.24, 2.45) is 0 Å². The minimum atomic E-state index is -0.202. The lowest BCUT2D eigenvalue weighted by atomic mass is 10.2. The van der Waals surface area contributed by atoms with E-state index >= 15 is 0 Å². The Bertz CT molecular complexity index is 1070. The summed E-state index contributed by atoms with van der Waals surface area (Å²) in [6, 6.07) is 21.8. The molecule has 0 spiro atoms. The molecule has 4 rings (SSSR count). The number of hydrogen-bond acceptors (Lipinski definition) is 5. The normalized spacial score (nSPS) is 11.2. The Balaban J connectivity index is 1.20. The number of para-hydroxylation sites is 1. The Morgan fingerprint density at radius 2 is 1.60 bits per heavy atom. The molecule has 0 aliphatic carbocycles. The molecule has 1 heterocycles. The summed E-state index contributed by atoms with van der Waals surface area (Å²) in [5.41, 5.74) is 0.536. The van der Waals surface area contributed by atoms with Crippen LogP contribution in [0.5, 0.6) is 28.7 Å². The molecule has 3 aromatic rings. The largest absolute Gasteiger partial charge is 0.481 e. The van der Waals surface area contributed by atoms with Crippen LogP contribution in [-0.4, -0.2) is 25.9 Å². The molecule has 0 unspecified atom stereocenters. The van der Waals surface area contributed by atoms with Gasteiger partial charge in [-0.3, -0.25) is 4.79 Å². The molecular formula is C24H19NO5. The smallest absolute Gasteiger partial charge is 0.252 e. The first-order valence-corrected chi connectivity index (χ1v) is 9.37. The fourth-order valence-electron chi connectivity index (χ4n) is 2.73. The van der Waals surface area contributed by atoms with Crippen LogP contribution in [0.4, 0.5) is 0 Å². The van der Waals surface area contributed by atoms with Crippen LogP contribution in [0.2, 0.25) is 0 Å². The van der Waals surface area contributed by atoms with Crippen LogP contribution in [0.1, 0.15) is 10.4 Å². The third kappa shape index (κ3) is 5.03. The van der Waals surface area contributed by atoms with Crippen LogP contribution >= 0.6 is 0 Å². The SMILES string of the molecule is O=C(NCC#CCOc1ccc2c(c1)OCO2)c1ccc(Oc2ccccc2)cc1. The average Bonchev–Trinajstić information content (AvgIpc) is 3.25. The molecule has 1 aliphatic rings. The zero-order valence-electron chi connectivity index (χ0n) is 16.1. The van der Waals surface area contributed by atoms with Gasteiger partial charge >= 0.3 is 0 Å². The Morgan fingerprint density at radius 1 is 0.867 bits per heavy atom. The number of carbonyl (C=O) groups is 1. The zero-order valence-corrected chi connectivity index (χ0v) is 16.1. The number of amides is 1. The van der Waals surface area contributed by atoms with E-state index in [4.69, 9.17) is 18.9 Å². The molecule has 0 fully saturated rings. The highest BCUT2D eigenvalue weighted by atomic mass is 16.7. The van der Waals surface area contributed by atoms with Crippen LogP contribution in [0.15, 0.2) is 72.8 Å². The Kier molecular flexibility index (Phi) is 6.02. The van der Waals surface area contributed by atoms with Gasteiger partial charge in [-0.1, -0.05) is 30.0 Å². The monoisotopic (exact) mass is 401 g/mol. The van der Waals surface area contributed by atoms with Gasteiger partial charge < -0.3 is 24.3 Å². The van der Waals surface area contributed by atoms with Crippen molar-refractivity contribution in [3.05, 3.63) is 78.4 Å². The molecule has 6 heteroatoms. The van der Waals surface area contributed by atoms with Gasteiger partial charge in [0.1, 0.15) is 23.9 Å². The summed E-state index contributed by atoms with van der Waals surface area (Å²) >= 11 is 0. The van der Waals surface area contributed by atoms with Gasteiger partial charge in [0.15, 0.2) is 11.5 Å². The second kappa shape index (κ2) is 9.39. The van der Waals surface area contributed by atoms with Gasteiger partial charge in [-0.2, -0.15) is 0 Å². The fraction of sp³-hybridized carbons (Fsp3) is 0.125. The number of rotatable bonds is 6. The quantitative estimate of drug-likeness (QED) is 0.632. The molecule has 1 amide bonds. The number of nitrogens with one attached hydrogen (secondary N) is 1. The average molecular weight is 401 g/mol. The van der Waals surface area contributed by atoms with Gasteiger partial charge in [-0.05, 0) is 48.5 Å². The van der Waals surface area contributed by atoms with Gasteiger partial charge in [-0.15, -0.1) is 0 Å². The molecule has 0 aromatic heterocycles. The molecule has 0 saturated heterocycles. The first-order valence-electron chi connectivity index (χ1n) is 9.37. The molecule has 30 heavy (non-hydrogen) atoms. The molecule has 3 aromatic carbocycles. The lowest BCUT2D eigenvalue weighted by Gasteiger charge is -2.06.